The van der Waals surface area contributed by atoms with Crippen molar-refractivity contribution in [2.75, 3.05) is 21.1 Å². The number of amides is 1. The average molecular weight is 202 g/mol. The Kier molecular flexibility index (Phi) is 6.43. The highest BCUT2D eigenvalue weighted by molar-refractivity contribution is 5.92. The molecule has 0 radical (unpaired) electrons. The Labute approximate surface area is 86.5 Å². The molecule has 0 saturated heterocycles. The van der Waals surface area contributed by atoms with E-state index in [4.69, 9.17) is 0 Å². The lowest BCUT2D eigenvalue weighted by Gasteiger charge is -2.33. The summed E-state index contributed by atoms with van der Waals surface area (Å²) in [7, 11) is 6.19. The van der Waals surface area contributed by atoms with Crippen molar-refractivity contribution in [3.63, 3.8) is 0 Å². The lowest BCUT2D eigenvalue weighted by atomic mass is 10.2. The molecule has 0 spiro atoms. The molecule has 0 aromatic heterocycles. The third-order valence-electron chi connectivity index (χ3n) is 2.01. The second-order valence-corrected chi connectivity index (χ2v) is 4.29. The van der Waals surface area contributed by atoms with Crippen LogP contribution < -0.4 is 5.32 Å². The second-order valence-electron chi connectivity index (χ2n) is 4.29. The molecule has 1 atom stereocenters. The van der Waals surface area contributed by atoms with Crippen LogP contribution in [-0.2, 0) is 4.79 Å². The molecule has 0 bridgehead atoms. The lowest BCUT2D eigenvalue weighted by molar-refractivity contribution is -0.898. The van der Waals surface area contributed by atoms with E-state index >= 15 is 0 Å². The Morgan fingerprint density at radius 2 is 1.86 bits per heavy atom. The first kappa shape index (κ1) is 15.6. The summed E-state index contributed by atoms with van der Waals surface area (Å²) in [5.41, 5.74) is 0.562. The molecular weight excluding hydrogens is 180 g/mol. The SMILES string of the molecule is C=C(C)C(=O)NC(CC)[N+](C)(C)C.[OH-]. The molecule has 14 heavy (non-hydrogen) atoms. The predicted octanol–water partition coefficient (Wildman–Crippen LogP) is 0.944. The van der Waals surface area contributed by atoms with Gasteiger partial charge in [0.15, 0.2) is 6.17 Å². The summed E-state index contributed by atoms with van der Waals surface area (Å²) in [6, 6.07) is 0. The fourth-order valence-corrected chi connectivity index (χ4v) is 1.12. The van der Waals surface area contributed by atoms with Gasteiger partial charge in [-0.05, 0) is 6.92 Å². The molecule has 0 saturated carbocycles. The Bertz CT molecular complexity index is 207. The van der Waals surface area contributed by atoms with E-state index in [1.54, 1.807) is 6.92 Å². The fourth-order valence-electron chi connectivity index (χ4n) is 1.12. The molecular formula is C10H22N2O2. The minimum absolute atomic E-state index is 0. The van der Waals surface area contributed by atoms with Crippen molar-refractivity contribution in [2.24, 2.45) is 0 Å². The van der Waals surface area contributed by atoms with Gasteiger partial charge < -0.3 is 15.3 Å². The van der Waals surface area contributed by atoms with E-state index in [9.17, 15) is 4.79 Å². The Morgan fingerprint density at radius 3 is 2.07 bits per heavy atom. The molecule has 2 N–H and O–H groups in total. The number of hydrogen-bond donors (Lipinski definition) is 1. The van der Waals surface area contributed by atoms with Crippen molar-refractivity contribution in [1.29, 1.82) is 0 Å². The van der Waals surface area contributed by atoms with Gasteiger partial charge in [0.25, 0.3) is 5.91 Å². The van der Waals surface area contributed by atoms with Gasteiger partial charge in [-0.3, -0.25) is 4.79 Å². The quantitative estimate of drug-likeness (QED) is 0.419. The molecule has 0 aliphatic carbocycles. The second kappa shape index (κ2) is 5.78. The van der Waals surface area contributed by atoms with Crippen LogP contribution in [0.1, 0.15) is 20.3 Å². The first-order valence-electron chi connectivity index (χ1n) is 4.56. The number of carbonyl (C=O) groups excluding carboxylic acids is 1. The van der Waals surface area contributed by atoms with Gasteiger partial charge in [-0.15, -0.1) is 0 Å². The Hall–Kier alpha value is -0.870. The topological polar surface area (TPSA) is 59.1 Å². The maximum absolute atomic E-state index is 11.3. The van der Waals surface area contributed by atoms with E-state index in [0.29, 0.717) is 5.57 Å². The number of carbonyl (C=O) groups is 1. The van der Waals surface area contributed by atoms with E-state index in [1.807, 2.05) is 0 Å². The minimum Gasteiger partial charge on any atom is -0.870 e. The van der Waals surface area contributed by atoms with Crippen LogP contribution in [0.5, 0.6) is 0 Å². The van der Waals surface area contributed by atoms with Crippen molar-refractivity contribution < 1.29 is 14.8 Å². The van der Waals surface area contributed by atoms with Gasteiger partial charge >= 0.3 is 0 Å². The van der Waals surface area contributed by atoms with Crippen LogP contribution in [-0.4, -0.2) is 43.2 Å². The first-order chi connectivity index (χ1) is 5.79. The largest absolute Gasteiger partial charge is 0.870 e. The van der Waals surface area contributed by atoms with Crippen molar-refractivity contribution in [2.45, 2.75) is 26.4 Å². The molecule has 0 aromatic carbocycles. The predicted molar refractivity (Wildman–Crippen MR) is 57.0 cm³/mol. The summed E-state index contributed by atoms with van der Waals surface area (Å²) in [4.78, 5) is 11.3. The van der Waals surface area contributed by atoms with Crippen molar-refractivity contribution in [3.05, 3.63) is 12.2 Å². The monoisotopic (exact) mass is 202 g/mol. The van der Waals surface area contributed by atoms with Crippen LogP contribution in [0, 0.1) is 0 Å². The average Bonchev–Trinajstić information content (AvgIpc) is 1.96. The molecule has 4 heteroatoms. The van der Waals surface area contributed by atoms with Crippen molar-refractivity contribution in [1.82, 2.24) is 5.32 Å². The molecule has 0 fully saturated rings. The standard InChI is InChI=1S/C10H20N2O.H2O/c1-7-9(12(4,5)6)11-10(13)8(2)3;/h9H,2,7H2,1,3-6H3;1H2. The summed E-state index contributed by atoms with van der Waals surface area (Å²) in [6.45, 7) is 7.39. The molecule has 0 aliphatic heterocycles. The zero-order valence-corrected chi connectivity index (χ0v) is 9.79. The third kappa shape index (κ3) is 4.99. The summed E-state index contributed by atoms with van der Waals surface area (Å²) in [6.07, 6.45) is 1.08. The Morgan fingerprint density at radius 1 is 1.43 bits per heavy atom. The molecule has 0 aliphatic rings. The van der Waals surface area contributed by atoms with Crippen LogP contribution in [0.4, 0.5) is 0 Å². The molecule has 84 valence electrons. The van der Waals surface area contributed by atoms with E-state index in [-0.39, 0.29) is 17.5 Å². The Balaban J connectivity index is 0. The van der Waals surface area contributed by atoms with Crippen molar-refractivity contribution in [3.8, 4) is 0 Å². The molecule has 0 heterocycles. The normalized spacial score (nSPS) is 12.6. The first-order valence-corrected chi connectivity index (χ1v) is 4.56. The van der Waals surface area contributed by atoms with Crippen LogP contribution in [0.3, 0.4) is 0 Å². The number of nitrogens with one attached hydrogen (secondary N) is 1. The lowest BCUT2D eigenvalue weighted by Crippen LogP contribution is -2.54. The van der Waals surface area contributed by atoms with E-state index in [2.05, 4.69) is 40.0 Å². The summed E-state index contributed by atoms with van der Waals surface area (Å²) in [5.74, 6) is -0.0556. The smallest absolute Gasteiger partial charge is 0.250 e. The van der Waals surface area contributed by atoms with Gasteiger partial charge in [0.1, 0.15) is 0 Å². The highest BCUT2D eigenvalue weighted by Crippen LogP contribution is 2.04. The van der Waals surface area contributed by atoms with Gasteiger partial charge in [-0.1, -0.05) is 13.5 Å². The summed E-state index contributed by atoms with van der Waals surface area (Å²) < 4.78 is 0.732. The van der Waals surface area contributed by atoms with Crippen LogP contribution >= 0.6 is 0 Å². The summed E-state index contributed by atoms with van der Waals surface area (Å²) in [5, 5.41) is 2.94. The molecule has 0 aromatic rings. The van der Waals surface area contributed by atoms with Gasteiger partial charge in [-0.25, -0.2) is 0 Å². The van der Waals surface area contributed by atoms with E-state index in [0.717, 1.165) is 10.9 Å². The number of rotatable bonds is 4. The molecule has 0 rings (SSSR count). The maximum atomic E-state index is 11.3. The zero-order chi connectivity index (χ0) is 10.6. The van der Waals surface area contributed by atoms with Crippen molar-refractivity contribution >= 4 is 5.91 Å². The van der Waals surface area contributed by atoms with E-state index < -0.39 is 0 Å². The van der Waals surface area contributed by atoms with Gasteiger partial charge in [0.05, 0.1) is 21.1 Å². The van der Waals surface area contributed by atoms with Gasteiger partial charge in [-0.2, -0.15) is 0 Å². The summed E-state index contributed by atoms with van der Waals surface area (Å²) >= 11 is 0. The number of nitrogens with zero attached hydrogens (tertiary/aromatic N) is 1. The molecule has 4 nitrogen and oxygen atoms in total. The third-order valence-corrected chi connectivity index (χ3v) is 2.01. The van der Waals surface area contributed by atoms with E-state index in [1.165, 1.54) is 0 Å². The number of hydrogen-bond acceptors (Lipinski definition) is 2. The van der Waals surface area contributed by atoms with Gasteiger partial charge in [0.2, 0.25) is 0 Å². The zero-order valence-electron chi connectivity index (χ0n) is 9.79. The highest BCUT2D eigenvalue weighted by atomic mass is 16.1. The molecule has 1 unspecified atom stereocenters. The number of quaternary nitrogens is 1. The minimum atomic E-state index is -0.0556. The highest BCUT2D eigenvalue weighted by Gasteiger charge is 2.23. The van der Waals surface area contributed by atoms with Crippen LogP contribution in [0.15, 0.2) is 12.2 Å². The van der Waals surface area contributed by atoms with Crippen LogP contribution in [0.2, 0.25) is 0 Å². The van der Waals surface area contributed by atoms with Gasteiger partial charge in [0, 0.05) is 12.0 Å². The maximum Gasteiger partial charge on any atom is 0.250 e. The van der Waals surface area contributed by atoms with Crippen LogP contribution in [0.25, 0.3) is 0 Å². The fraction of sp³-hybridized carbons (Fsp3) is 0.700. The molecule has 1 amide bonds.